The van der Waals surface area contributed by atoms with Gasteiger partial charge in [0.15, 0.2) is 5.82 Å². The highest BCUT2D eigenvalue weighted by molar-refractivity contribution is 6.03. The largest absolute Gasteiger partial charge is 0.305 e. The highest BCUT2D eigenvalue weighted by atomic mass is 19.1. The number of nitrogens with one attached hydrogen (secondary N) is 1. The SMILES string of the molecule is CC(C)Cc1nc(-c2ccc(F)cc2)cnc1NC(=O)C1=CC=CCC1. The number of allylic oxidation sites excluding steroid dienone is 3. The Bertz CT molecular complexity index is 854. The van der Waals surface area contributed by atoms with Crippen molar-refractivity contribution in [2.75, 3.05) is 5.32 Å². The van der Waals surface area contributed by atoms with Crippen LogP contribution in [0.15, 0.2) is 54.3 Å². The molecule has 5 heteroatoms. The number of carbonyl (C=O) groups is 1. The Balaban J connectivity index is 1.89. The molecule has 0 atom stereocenters. The number of aromatic nitrogens is 2. The molecule has 4 nitrogen and oxygen atoms in total. The van der Waals surface area contributed by atoms with E-state index in [2.05, 4.69) is 29.1 Å². The standard InChI is InChI=1S/C21H22FN3O/c1-14(2)12-18-20(25-21(26)16-6-4-3-5-7-16)23-13-19(24-18)15-8-10-17(22)11-9-15/h3-4,6,8-11,13-14H,5,7,12H2,1-2H3,(H,23,25,26). The van der Waals surface area contributed by atoms with E-state index in [0.717, 1.165) is 29.7 Å². The van der Waals surface area contributed by atoms with E-state index in [1.807, 2.05) is 18.2 Å². The van der Waals surface area contributed by atoms with Crippen LogP contribution >= 0.6 is 0 Å². The van der Waals surface area contributed by atoms with E-state index in [9.17, 15) is 9.18 Å². The molecule has 1 N–H and O–H groups in total. The van der Waals surface area contributed by atoms with E-state index < -0.39 is 0 Å². The summed E-state index contributed by atoms with van der Waals surface area (Å²) in [6.07, 6.45) is 9.67. The van der Waals surface area contributed by atoms with Gasteiger partial charge in [0.25, 0.3) is 5.91 Å². The Hall–Kier alpha value is -2.82. The van der Waals surface area contributed by atoms with Gasteiger partial charge in [0.05, 0.1) is 17.6 Å². The molecule has 1 amide bonds. The summed E-state index contributed by atoms with van der Waals surface area (Å²) >= 11 is 0. The second-order valence-corrected chi connectivity index (χ2v) is 6.77. The van der Waals surface area contributed by atoms with Crippen LogP contribution < -0.4 is 5.32 Å². The van der Waals surface area contributed by atoms with Crippen molar-refractivity contribution in [1.82, 2.24) is 9.97 Å². The van der Waals surface area contributed by atoms with Crippen LogP contribution in [-0.4, -0.2) is 15.9 Å². The number of anilines is 1. The molecule has 0 saturated carbocycles. The molecule has 0 aliphatic heterocycles. The van der Waals surface area contributed by atoms with Crippen LogP contribution in [0.1, 0.15) is 32.4 Å². The number of amides is 1. The number of rotatable bonds is 5. The van der Waals surface area contributed by atoms with Crippen LogP contribution in [0.3, 0.4) is 0 Å². The summed E-state index contributed by atoms with van der Waals surface area (Å²) in [5.41, 5.74) is 2.94. The van der Waals surface area contributed by atoms with E-state index in [1.165, 1.54) is 12.1 Å². The maximum Gasteiger partial charge on any atom is 0.252 e. The van der Waals surface area contributed by atoms with Crippen LogP contribution in [0.2, 0.25) is 0 Å². The molecule has 2 aromatic rings. The fraction of sp³-hybridized carbons (Fsp3) is 0.286. The fourth-order valence-electron chi connectivity index (χ4n) is 2.80. The molecule has 0 radical (unpaired) electrons. The summed E-state index contributed by atoms with van der Waals surface area (Å²) in [4.78, 5) is 21.6. The highest BCUT2D eigenvalue weighted by Gasteiger charge is 2.16. The second kappa shape index (κ2) is 8.04. The van der Waals surface area contributed by atoms with Gasteiger partial charge in [-0.05, 0) is 49.4 Å². The lowest BCUT2D eigenvalue weighted by molar-refractivity contribution is -0.113. The van der Waals surface area contributed by atoms with Crippen molar-refractivity contribution in [1.29, 1.82) is 0 Å². The number of halogens is 1. The van der Waals surface area contributed by atoms with Crippen molar-refractivity contribution in [3.8, 4) is 11.3 Å². The summed E-state index contributed by atoms with van der Waals surface area (Å²) in [5, 5.41) is 2.90. The maximum absolute atomic E-state index is 13.1. The van der Waals surface area contributed by atoms with Crippen LogP contribution in [0, 0.1) is 11.7 Å². The van der Waals surface area contributed by atoms with Crippen LogP contribution in [-0.2, 0) is 11.2 Å². The minimum Gasteiger partial charge on any atom is -0.305 e. The summed E-state index contributed by atoms with van der Waals surface area (Å²) in [7, 11) is 0. The van der Waals surface area contributed by atoms with E-state index >= 15 is 0 Å². The monoisotopic (exact) mass is 351 g/mol. The highest BCUT2D eigenvalue weighted by Crippen LogP contribution is 2.23. The first-order valence-corrected chi connectivity index (χ1v) is 8.82. The third-order valence-electron chi connectivity index (χ3n) is 4.12. The lowest BCUT2D eigenvalue weighted by Crippen LogP contribution is -2.18. The maximum atomic E-state index is 13.1. The van der Waals surface area contributed by atoms with Gasteiger partial charge in [0.1, 0.15) is 5.82 Å². The van der Waals surface area contributed by atoms with Gasteiger partial charge in [-0.15, -0.1) is 0 Å². The molecule has 1 aliphatic rings. The van der Waals surface area contributed by atoms with Gasteiger partial charge in [-0.1, -0.05) is 32.1 Å². The predicted octanol–water partition coefficient (Wildman–Crippen LogP) is 4.70. The molecular formula is C21H22FN3O. The molecule has 0 bridgehead atoms. The van der Waals surface area contributed by atoms with Crippen LogP contribution in [0.4, 0.5) is 10.2 Å². The van der Waals surface area contributed by atoms with Crippen molar-refractivity contribution in [3.63, 3.8) is 0 Å². The molecule has 0 saturated heterocycles. The summed E-state index contributed by atoms with van der Waals surface area (Å²) in [5.74, 6) is 0.427. The van der Waals surface area contributed by atoms with Gasteiger partial charge in [0.2, 0.25) is 0 Å². The van der Waals surface area contributed by atoms with Crippen LogP contribution in [0.25, 0.3) is 11.3 Å². The lowest BCUT2D eigenvalue weighted by atomic mass is 10.0. The molecule has 3 rings (SSSR count). The smallest absolute Gasteiger partial charge is 0.252 e. The van der Waals surface area contributed by atoms with E-state index in [0.29, 0.717) is 23.9 Å². The zero-order valence-electron chi connectivity index (χ0n) is 15.0. The van der Waals surface area contributed by atoms with Crippen LogP contribution in [0.5, 0.6) is 0 Å². The topological polar surface area (TPSA) is 54.9 Å². The number of nitrogens with zero attached hydrogens (tertiary/aromatic N) is 2. The van der Waals surface area contributed by atoms with Gasteiger partial charge in [-0.2, -0.15) is 0 Å². The molecule has 0 spiro atoms. The third-order valence-corrected chi connectivity index (χ3v) is 4.12. The lowest BCUT2D eigenvalue weighted by Gasteiger charge is -2.14. The summed E-state index contributed by atoms with van der Waals surface area (Å²) in [6, 6.07) is 6.15. The van der Waals surface area contributed by atoms with Gasteiger partial charge in [0, 0.05) is 11.1 Å². The summed E-state index contributed by atoms with van der Waals surface area (Å²) < 4.78 is 13.1. The first-order valence-electron chi connectivity index (χ1n) is 8.82. The van der Waals surface area contributed by atoms with Gasteiger partial charge in [-0.25, -0.2) is 14.4 Å². The Morgan fingerprint density at radius 1 is 1.27 bits per heavy atom. The van der Waals surface area contributed by atoms with Crippen molar-refractivity contribution >= 4 is 11.7 Å². The van der Waals surface area contributed by atoms with E-state index in [-0.39, 0.29) is 11.7 Å². The molecule has 134 valence electrons. The Kier molecular flexibility index (Phi) is 5.56. The fourth-order valence-corrected chi connectivity index (χ4v) is 2.80. The van der Waals surface area contributed by atoms with Gasteiger partial charge >= 0.3 is 0 Å². The van der Waals surface area contributed by atoms with Crippen molar-refractivity contribution in [2.45, 2.75) is 33.1 Å². The first-order chi connectivity index (χ1) is 12.5. The Labute approximate surface area is 152 Å². The Morgan fingerprint density at radius 2 is 2.04 bits per heavy atom. The van der Waals surface area contributed by atoms with E-state index in [1.54, 1.807) is 18.3 Å². The van der Waals surface area contributed by atoms with E-state index in [4.69, 9.17) is 0 Å². The van der Waals surface area contributed by atoms with Gasteiger partial charge in [-0.3, -0.25) is 4.79 Å². The van der Waals surface area contributed by atoms with Gasteiger partial charge < -0.3 is 5.32 Å². The van der Waals surface area contributed by atoms with Crippen molar-refractivity contribution in [2.24, 2.45) is 5.92 Å². The molecule has 0 unspecified atom stereocenters. The minimum absolute atomic E-state index is 0.136. The predicted molar refractivity (Wildman–Crippen MR) is 101 cm³/mol. The number of benzene rings is 1. The zero-order valence-corrected chi connectivity index (χ0v) is 15.0. The average molecular weight is 351 g/mol. The average Bonchev–Trinajstić information content (AvgIpc) is 2.64. The molecule has 1 aliphatic carbocycles. The number of hydrogen-bond acceptors (Lipinski definition) is 3. The van der Waals surface area contributed by atoms with Crippen molar-refractivity contribution in [3.05, 3.63) is 65.8 Å². The Morgan fingerprint density at radius 3 is 2.69 bits per heavy atom. The molecular weight excluding hydrogens is 329 g/mol. The first kappa shape index (κ1) is 18.0. The second-order valence-electron chi connectivity index (χ2n) is 6.77. The third kappa shape index (κ3) is 4.42. The molecule has 0 fully saturated rings. The molecule has 1 aromatic carbocycles. The molecule has 1 heterocycles. The normalized spacial score (nSPS) is 13.6. The molecule has 1 aromatic heterocycles. The number of carbonyl (C=O) groups excluding carboxylic acids is 1. The zero-order chi connectivity index (χ0) is 18.5. The minimum atomic E-state index is -0.289. The van der Waals surface area contributed by atoms with Crippen molar-refractivity contribution < 1.29 is 9.18 Å². The number of hydrogen-bond donors (Lipinski definition) is 1. The molecule has 26 heavy (non-hydrogen) atoms. The quantitative estimate of drug-likeness (QED) is 0.850. The summed E-state index contributed by atoms with van der Waals surface area (Å²) in [6.45, 7) is 4.18.